The third-order valence-electron chi connectivity index (χ3n) is 3.51. The molecular weight excluding hydrogens is 326 g/mol. The van der Waals surface area contributed by atoms with E-state index in [9.17, 15) is 8.42 Å². The third-order valence-corrected chi connectivity index (χ3v) is 7.57. The Morgan fingerprint density at radius 1 is 1.19 bits per heavy atom. The maximum atomic E-state index is 12.5. The number of nitrogen functional groups attached to an aromatic ring is 1. The fraction of sp³-hybridized carbons (Fsp3) is 0.385. The van der Waals surface area contributed by atoms with Gasteiger partial charge >= 0.3 is 0 Å². The molecule has 2 aromatic rings. The fourth-order valence-electron chi connectivity index (χ4n) is 2.36. The van der Waals surface area contributed by atoms with Crippen LogP contribution in [0, 0.1) is 0 Å². The summed E-state index contributed by atoms with van der Waals surface area (Å²) in [5.41, 5.74) is 7.43. The molecule has 2 N–H and O–H groups in total. The van der Waals surface area contributed by atoms with E-state index in [1.807, 2.05) is 0 Å². The number of piperazine rings is 1. The molecule has 2 aromatic heterocycles. The van der Waals surface area contributed by atoms with E-state index in [2.05, 4.69) is 21.7 Å². The van der Waals surface area contributed by atoms with Crippen LogP contribution in [0.3, 0.4) is 0 Å². The molecular formula is C13H17N3O2S3. The zero-order valence-electron chi connectivity index (χ0n) is 11.4. The Kier molecular flexibility index (Phi) is 4.32. The number of nitrogens with two attached hydrogens (primary N) is 1. The number of rotatable bonds is 4. The van der Waals surface area contributed by atoms with Crippen molar-refractivity contribution in [3.05, 3.63) is 33.8 Å². The average Bonchev–Trinajstić information content (AvgIpc) is 3.11. The van der Waals surface area contributed by atoms with Crippen molar-refractivity contribution in [1.29, 1.82) is 0 Å². The van der Waals surface area contributed by atoms with Crippen molar-refractivity contribution in [1.82, 2.24) is 9.21 Å². The average molecular weight is 343 g/mol. The normalized spacial score (nSPS) is 18.1. The van der Waals surface area contributed by atoms with Crippen LogP contribution in [0.4, 0.5) is 5.69 Å². The lowest BCUT2D eigenvalue weighted by atomic mass is 10.3. The van der Waals surface area contributed by atoms with Gasteiger partial charge in [0.1, 0.15) is 4.21 Å². The maximum absolute atomic E-state index is 12.5. The number of hydrogen-bond donors (Lipinski definition) is 1. The molecule has 5 nitrogen and oxygen atoms in total. The van der Waals surface area contributed by atoms with Crippen LogP contribution in [0.2, 0.25) is 0 Å². The molecule has 1 aliphatic heterocycles. The number of sulfonamides is 1. The van der Waals surface area contributed by atoms with E-state index in [0.717, 1.165) is 19.6 Å². The summed E-state index contributed by atoms with van der Waals surface area (Å²) in [6, 6.07) is 3.65. The van der Waals surface area contributed by atoms with Crippen LogP contribution in [0.1, 0.15) is 5.56 Å². The van der Waals surface area contributed by atoms with E-state index in [1.54, 1.807) is 21.0 Å². The Morgan fingerprint density at radius 2 is 1.95 bits per heavy atom. The van der Waals surface area contributed by atoms with Gasteiger partial charge in [-0.1, -0.05) is 0 Å². The highest BCUT2D eigenvalue weighted by Crippen LogP contribution is 2.26. The van der Waals surface area contributed by atoms with Gasteiger partial charge in [-0.25, -0.2) is 8.42 Å². The van der Waals surface area contributed by atoms with Gasteiger partial charge in [0.2, 0.25) is 0 Å². The summed E-state index contributed by atoms with van der Waals surface area (Å²) in [4.78, 5) is 2.29. The second kappa shape index (κ2) is 6.05. The van der Waals surface area contributed by atoms with Gasteiger partial charge in [-0.05, 0) is 28.5 Å². The predicted octanol–water partition coefficient (Wildman–Crippen LogP) is 1.90. The predicted molar refractivity (Wildman–Crippen MR) is 87.1 cm³/mol. The summed E-state index contributed by atoms with van der Waals surface area (Å²) in [7, 11) is -3.38. The number of hydrogen-bond acceptors (Lipinski definition) is 6. The summed E-state index contributed by atoms with van der Waals surface area (Å²) in [6.45, 7) is 3.48. The topological polar surface area (TPSA) is 66.6 Å². The molecule has 0 unspecified atom stereocenters. The molecule has 0 atom stereocenters. The van der Waals surface area contributed by atoms with Crippen LogP contribution in [-0.4, -0.2) is 43.8 Å². The molecule has 1 aliphatic rings. The molecule has 0 saturated carbocycles. The first-order valence-electron chi connectivity index (χ1n) is 6.63. The summed E-state index contributed by atoms with van der Waals surface area (Å²) in [5, 5.41) is 5.87. The Bertz CT molecular complexity index is 686. The lowest BCUT2D eigenvalue weighted by Crippen LogP contribution is -2.47. The van der Waals surface area contributed by atoms with E-state index >= 15 is 0 Å². The zero-order chi connectivity index (χ0) is 14.9. The van der Waals surface area contributed by atoms with Gasteiger partial charge in [-0.3, -0.25) is 4.90 Å². The van der Waals surface area contributed by atoms with Crippen molar-refractivity contribution in [3.8, 4) is 0 Å². The first-order chi connectivity index (χ1) is 10.1. The first kappa shape index (κ1) is 15.0. The van der Waals surface area contributed by atoms with Crippen LogP contribution >= 0.6 is 22.7 Å². The Labute approximate surface area is 132 Å². The van der Waals surface area contributed by atoms with Crippen LogP contribution in [0.15, 0.2) is 32.5 Å². The molecule has 0 aliphatic carbocycles. The van der Waals surface area contributed by atoms with Gasteiger partial charge in [0, 0.05) is 43.8 Å². The minimum Gasteiger partial charge on any atom is -0.398 e. The monoisotopic (exact) mass is 343 g/mol. The number of thiophene rings is 2. The largest absolute Gasteiger partial charge is 0.398 e. The minimum absolute atomic E-state index is 0.339. The van der Waals surface area contributed by atoms with Gasteiger partial charge in [0.15, 0.2) is 0 Å². The zero-order valence-corrected chi connectivity index (χ0v) is 13.9. The second-order valence-electron chi connectivity index (χ2n) is 5.01. The van der Waals surface area contributed by atoms with Gasteiger partial charge in [0.25, 0.3) is 10.0 Å². The van der Waals surface area contributed by atoms with Gasteiger partial charge in [0.05, 0.1) is 0 Å². The molecule has 114 valence electrons. The smallest absolute Gasteiger partial charge is 0.252 e. The molecule has 0 radical (unpaired) electrons. The third kappa shape index (κ3) is 3.29. The lowest BCUT2D eigenvalue weighted by Gasteiger charge is -2.33. The highest BCUT2D eigenvalue weighted by Gasteiger charge is 2.29. The van der Waals surface area contributed by atoms with E-state index in [1.165, 1.54) is 23.0 Å². The Balaban J connectivity index is 1.63. The molecule has 0 amide bonds. The quantitative estimate of drug-likeness (QED) is 0.921. The summed E-state index contributed by atoms with van der Waals surface area (Å²) in [6.07, 6.45) is 0. The van der Waals surface area contributed by atoms with Crippen molar-refractivity contribution in [2.24, 2.45) is 0 Å². The lowest BCUT2D eigenvalue weighted by molar-refractivity contribution is 0.182. The first-order valence-corrected chi connectivity index (χ1v) is 9.89. The van der Waals surface area contributed by atoms with Gasteiger partial charge in [-0.15, -0.1) is 11.3 Å². The van der Waals surface area contributed by atoms with Crippen molar-refractivity contribution in [2.75, 3.05) is 31.9 Å². The highest BCUT2D eigenvalue weighted by molar-refractivity contribution is 7.91. The van der Waals surface area contributed by atoms with Crippen molar-refractivity contribution < 1.29 is 8.42 Å². The summed E-state index contributed by atoms with van der Waals surface area (Å²) < 4.78 is 26.9. The van der Waals surface area contributed by atoms with E-state index in [0.29, 0.717) is 23.0 Å². The SMILES string of the molecule is Nc1csc(S(=O)(=O)N2CCN(Cc3ccsc3)CC2)c1. The molecule has 3 rings (SSSR count). The van der Waals surface area contributed by atoms with Gasteiger partial charge in [-0.2, -0.15) is 15.6 Å². The minimum atomic E-state index is -3.38. The van der Waals surface area contributed by atoms with Crippen LogP contribution in [0.25, 0.3) is 0 Å². The van der Waals surface area contributed by atoms with E-state index < -0.39 is 10.0 Å². The molecule has 0 bridgehead atoms. The molecule has 1 fully saturated rings. The molecule has 0 spiro atoms. The Morgan fingerprint density at radius 3 is 2.52 bits per heavy atom. The van der Waals surface area contributed by atoms with E-state index in [4.69, 9.17) is 5.73 Å². The Hall–Kier alpha value is -0.930. The molecule has 3 heterocycles. The van der Waals surface area contributed by atoms with Gasteiger partial charge < -0.3 is 5.73 Å². The second-order valence-corrected chi connectivity index (χ2v) is 8.87. The van der Waals surface area contributed by atoms with Crippen LogP contribution in [-0.2, 0) is 16.6 Å². The highest BCUT2D eigenvalue weighted by atomic mass is 32.2. The van der Waals surface area contributed by atoms with E-state index in [-0.39, 0.29) is 0 Å². The summed E-state index contributed by atoms with van der Waals surface area (Å²) >= 11 is 2.88. The van der Waals surface area contributed by atoms with Crippen molar-refractivity contribution >= 4 is 38.4 Å². The number of nitrogens with zero attached hydrogens (tertiary/aromatic N) is 2. The van der Waals surface area contributed by atoms with Crippen LogP contribution < -0.4 is 5.73 Å². The molecule has 21 heavy (non-hydrogen) atoms. The standard InChI is InChI=1S/C13H17N3O2S3/c14-12-7-13(20-10-12)21(17,18)16-4-2-15(3-5-16)8-11-1-6-19-9-11/h1,6-7,9-10H,2-5,8,14H2. The summed E-state index contributed by atoms with van der Waals surface area (Å²) in [5.74, 6) is 0. The molecule has 8 heteroatoms. The molecule has 1 saturated heterocycles. The maximum Gasteiger partial charge on any atom is 0.252 e. The fourth-order valence-corrected chi connectivity index (χ4v) is 5.68. The van der Waals surface area contributed by atoms with Crippen LogP contribution in [0.5, 0.6) is 0 Å². The van der Waals surface area contributed by atoms with Crippen molar-refractivity contribution in [3.63, 3.8) is 0 Å². The number of anilines is 1. The van der Waals surface area contributed by atoms with Crippen molar-refractivity contribution in [2.45, 2.75) is 10.8 Å². The molecule has 0 aromatic carbocycles.